The van der Waals surface area contributed by atoms with E-state index in [1.807, 2.05) is 29.2 Å². The van der Waals surface area contributed by atoms with Crippen LogP contribution in [0, 0.1) is 0 Å². The normalized spacial score (nSPS) is 20.0. The van der Waals surface area contributed by atoms with Crippen molar-refractivity contribution in [2.75, 3.05) is 26.2 Å². The molecule has 132 valence electrons. The molecule has 0 saturated carbocycles. The molecular formula is C18H22N4O3. The molecule has 0 N–H and O–H groups in total. The minimum atomic E-state index is -0.255. The zero-order chi connectivity index (χ0) is 17.4. The molecular weight excluding hydrogens is 320 g/mol. The lowest BCUT2D eigenvalue weighted by atomic mass is 10.2. The Hall–Kier alpha value is -2.57. The van der Waals surface area contributed by atoms with E-state index in [9.17, 15) is 9.59 Å². The summed E-state index contributed by atoms with van der Waals surface area (Å²) in [5, 5.41) is 0. The quantitative estimate of drug-likeness (QED) is 0.847. The van der Waals surface area contributed by atoms with Crippen molar-refractivity contribution >= 4 is 23.0 Å². The number of hydrogen-bond donors (Lipinski definition) is 0. The summed E-state index contributed by atoms with van der Waals surface area (Å²) in [5.41, 5.74) is 2.05. The highest BCUT2D eigenvalue weighted by atomic mass is 16.6. The Morgan fingerprint density at radius 2 is 2.16 bits per heavy atom. The second-order valence-corrected chi connectivity index (χ2v) is 6.54. The number of para-hydroxylation sites is 2. The SMILES string of the molecule is CCc1nc2ccccc2n1CCC(=O)N1CCN2C(=O)OC[C@@H]2C1. The Morgan fingerprint density at radius 3 is 3.00 bits per heavy atom. The van der Waals surface area contributed by atoms with Crippen LogP contribution in [-0.2, 0) is 22.5 Å². The average molecular weight is 342 g/mol. The molecule has 7 heteroatoms. The summed E-state index contributed by atoms with van der Waals surface area (Å²) in [6.07, 6.45) is 1.02. The molecule has 2 amide bonds. The number of aromatic nitrogens is 2. The Labute approximate surface area is 146 Å². The fourth-order valence-corrected chi connectivity index (χ4v) is 3.73. The van der Waals surface area contributed by atoms with Crippen LogP contribution in [0.15, 0.2) is 24.3 Å². The minimum absolute atomic E-state index is 0.00507. The number of imidazole rings is 1. The van der Waals surface area contributed by atoms with Crippen molar-refractivity contribution in [2.45, 2.75) is 32.4 Å². The first-order chi connectivity index (χ1) is 12.2. The van der Waals surface area contributed by atoms with Crippen LogP contribution in [0.25, 0.3) is 11.0 Å². The Bertz CT molecular complexity index is 816. The monoisotopic (exact) mass is 342 g/mol. The Morgan fingerprint density at radius 1 is 1.32 bits per heavy atom. The van der Waals surface area contributed by atoms with E-state index in [0.29, 0.717) is 39.2 Å². The number of piperazine rings is 1. The summed E-state index contributed by atoms with van der Waals surface area (Å²) >= 11 is 0. The zero-order valence-corrected chi connectivity index (χ0v) is 14.4. The van der Waals surface area contributed by atoms with Gasteiger partial charge in [0.05, 0.1) is 17.1 Å². The van der Waals surface area contributed by atoms with Gasteiger partial charge < -0.3 is 14.2 Å². The van der Waals surface area contributed by atoms with Gasteiger partial charge in [-0.05, 0) is 12.1 Å². The molecule has 0 unspecified atom stereocenters. The molecule has 2 aliphatic heterocycles. The van der Waals surface area contributed by atoms with E-state index in [2.05, 4.69) is 16.5 Å². The predicted octanol–water partition coefficient (Wildman–Crippen LogP) is 1.65. The smallest absolute Gasteiger partial charge is 0.410 e. The summed E-state index contributed by atoms with van der Waals surface area (Å²) in [6, 6.07) is 8.04. The number of ether oxygens (including phenoxy) is 1. The molecule has 2 saturated heterocycles. The Balaban J connectivity index is 1.43. The molecule has 1 atom stereocenters. The van der Waals surface area contributed by atoms with Crippen molar-refractivity contribution in [3.63, 3.8) is 0 Å². The number of nitrogens with zero attached hydrogens (tertiary/aromatic N) is 4. The standard InChI is InChI=1S/C18H22N4O3/c1-2-16-19-14-5-3-4-6-15(14)22(16)8-7-17(23)20-9-10-21-13(11-20)12-25-18(21)24/h3-6,13H,2,7-12H2,1H3/t13-/m0/s1. The van der Waals surface area contributed by atoms with Crippen molar-refractivity contribution in [3.8, 4) is 0 Å². The molecule has 0 aliphatic carbocycles. The van der Waals surface area contributed by atoms with Crippen LogP contribution in [0.1, 0.15) is 19.2 Å². The van der Waals surface area contributed by atoms with Crippen molar-refractivity contribution in [1.82, 2.24) is 19.4 Å². The molecule has 4 rings (SSSR count). The topological polar surface area (TPSA) is 67.7 Å². The van der Waals surface area contributed by atoms with Gasteiger partial charge in [0, 0.05) is 39.0 Å². The number of fused-ring (bicyclic) bond motifs is 2. The van der Waals surface area contributed by atoms with Gasteiger partial charge in [0.25, 0.3) is 0 Å². The summed E-state index contributed by atoms with van der Waals surface area (Å²) in [5.74, 6) is 1.13. The van der Waals surface area contributed by atoms with E-state index in [-0.39, 0.29) is 18.0 Å². The molecule has 2 aromatic rings. The van der Waals surface area contributed by atoms with Gasteiger partial charge in [-0.3, -0.25) is 9.69 Å². The molecule has 7 nitrogen and oxygen atoms in total. The molecule has 1 aromatic heterocycles. The summed E-state index contributed by atoms with van der Waals surface area (Å²) in [7, 11) is 0. The number of carbonyl (C=O) groups is 2. The van der Waals surface area contributed by atoms with Crippen LogP contribution in [0.5, 0.6) is 0 Å². The van der Waals surface area contributed by atoms with Gasteiger partial charge in [-0.1, -0.05) is 19.1 Å². The summed E-state index contributed by atoms with van der Waals surface area (Å²) < 4.78 is 7.21. The summed E-state index contributed by atoms with van der Waals surface area (Å²) in [6.45, 7) is 4.79. The minimum Gasteiger partial charge on any atom is -0.447 e. The van der Waals surface area contributed by atoms with Crippen LogP contribution in [0.4, 0.5) is 4.79 Å². The second kappa shape index (κ2) is 6.38. The fourth-order valence-electron chi connectivity index (χ4n) is 3.73. The maximum atomic E-state index is 12.6. The third kappa shape index (κ3) is 2.83. The first-order valence-electron chi connectivity index (χ1n) is 8.82. The lowest BCUT2D eigenvalue weighted by Gasteiger charge is -2.35. The number of carbonyl (C=O) groups excluding carboxylic acids is 2. The lowest BCUT2D eigenvalue weighted by Crippen LogP contribution is -2.53. The number of hydrogen-bond acceptors (Lipinski definition) is 4. The molecule has 2 fully saturated rings. The van der Waals surface area contributed by atoms with Crippen molar-refractivity contribution < 1.29 is 14.3 Å². The second-order valence-electron chi connectivity index (χ2n) is 6.54. The van der Waals surface area contributed by atoms with E-state index < -0.39 is 0 Å². The number of aryl methyl sites for hydroxylation is 2. The molecule has 0 spiro atoms. The average Bonchev–Trinajstić information content (AvgIpc) is 3.19. The van der Waals surface area contributed by atoms with Gasteiger partial charge >= 0.3 is 6.09 Å². The number of benzene rings is 1. The third-order valence-corrected chi connectivity index (χ3v) is 5.07. The van der Waals surface area contributed by atoms with Crippen LogP contribution in [-0.4, -0.2) is 63.6 Å². The largest absolute Gasteiger partial charge is 0.447 e. The molecule has 3 heterocycles. The third-order valence-electron chi connectivity index (χ3n) is 5.07. The van der Waals surface area contributed by atoms with Crippen molar-refractivity contribution in [2.24, 2.45) is 0 Å². The molecule has 2 aliphatic rings. The van der Waals surface area contributed by atoms with Crippen LogP contribution in [0.3, 0.4) is 0 Å². The first-order valence-corrected chi connectivity index (χ1v) is 8.82. The van der Waals surface area contributed by atoms with Gasteiger partial charge in [-0.25, -0.2) is 9.78 Å². The Kier molecular flexibility index (Phi) is 4.07. The maximum Gasteiger partial charge on any atom is 0.410 e. The molecule has 25 heavy (non-hydrogen) atoms. The first kappa shape index (κ1) is 15.9. The lowest BCUT2D eigenvalue weighted by molar-refractivity contribution is -0.133. The van der Waals surface area contributed by atoms with E-state index >= 15 is 0 Å². The number of amides is 2. The van der Waals surface area contributed by atoms with E-state index in [4.69, 9.17) is 4.74 Å². The van der Waals surface area contributed by atoms with Crippen LogP contribution < -0.4 is 0 Å². The van der Waals surface area contributed by atoms with Gasteiger partial charge in [-0.15, -0.1) is 0 Å². The number of rotatable bonds is 4. The summed E-state index contributed by atoms with van der Waals surface area (Å²) in [4.78, 5) is 32.4. The highest BCUT2D eigenvalue weighted by Crippen LogP contribution is 2.20. The van der Waals surface area contributed by atoms with Crippen LogP contribution in [0.2, 0.25) is 0 Å². The van der Waals surface area contributed by atoms with Crippen molar-refractivity contribution in [1.29, 1.82) is 0 Å². The van der Waals surface area contributed by atoms with Gasteiger partial charge in [0.2, 0.25) is 5.91 Å². The van der Waals surface area contributed by atoms with E-state index in [1.54, 1.807) is 4.90 Å². The molecule has 0 bridgehead atoms. The maximum absolute atomic E-state index is 12.6. The zero-order valence-electron chi connectivity index (χ0n) is 14.4. The van der Waals surface area contributed by atoms with E-state index in [0.717, 1.165) is 23.3 Å². The predicted molar refractivity (Wildman–Crippen MR) is 92.2 cm³/mol. The number of cyclic esters (lactones) is 1. The van der Waals surface area contributed by atoms with E-state index in [1.165, 1.54) is 0 Å². The van der Waals surface area contributed by atoms with Gasteiger partial charge in [-0.2, -0.15) is 0 Å². The fraction of sp³-hybridized carbons (Fsp3) is 0.500. The molecule has 1 aromatic carbocycles. The van der Waals surface area contributed by atoms with Crippen molar-refractivity contribution in [3.05, 3.63) is 30.1 Å². The van der Waals surface area contributed by atoms with Gasteiger partial charge in [0.1, 0.15) is 12.4 Å². The van der Waals surface area contributed by atoms with Gasteiger partial charge in [0.15, 0.2) is 0 Å². The molecule has 0 radical (unpaired) electrons. The highest BCUT2D eigenvalue weighted by Gasteiger charge is 2.38. The highest BCUT2D eigenvalue weighted by molar-refractivity contribution is 5.79. The van der Waals surface area contributed by atoms with Crippen LogP contribution >= 0.6 is 0 Å².